The van der Waals surface area contributed by atoms with Crippen LogP contribution in [0.15, 0.2) is 18.2 Å². The van der Waals surface area contributed by atoms with E-state index in [1.807, 2.05) is 32.0 Å². The molecule has 1 amide bonds. The molecular weight excluding hydrogens is 230 g/mol. The molecular formula is C14H19NO3. The van der Waals surface area contributed by atoms with Crippen molar-refractivity contribution in [3.05, 3.63) is 34.9 Å². The summed E-state index contributed by atoms with van der Waals surface area (Å²) in [5.74, 6) is -1.61. The lowest BCUT2D eigenvalue weighted by Gasteiger charge is -2.09. The van der Waals surface area contributed by atoms with Crippen molar-refractivity contribution in [2.24, 2.45) is 5.92 Å². The second-order valence-corrected chi connectivity index (χ2v) is 4.64. The maximum Gasteiger partial charge on any atom is 0.308 e. The molecule has 1 atom stereocenters. The Kier molecular flexibility index (Phi) is 4.89. The monoisotopic (exact) mass is 249 g/mol. The quantitative estimate of drug-likeness (QED) is 0.834. The molecule has 0 heterocycles. The smallest absolute Gasteiger partial charge is 0.308 e. The fraction of sp³-hybridized carbons (Fsp3) is 0.429. The number of aliphatic carboxylic acids is 1. The third-order valence-corrected chi connectivity index (χ3v) is 2.96. The van der Waals surface area contributed by atoms with Gasteiger partial charge in [0.15, 0.2) is 0 Å². The predicted octanol–water partition coefficient (Wildman–Crippen LogP) is 1.68. The molecule has 0 spiro atoms. The molecule has 2 N–H and O–H groups in total. The Bertz CT molecular complexity index is 454. The number of carbonyl (C=O) groups is 2. The number of rotatable bonds is 5. The minimum Gasteiger partial charge on any atom is -0.481 e. The predicted molar refractivity (Wildman–Crippen MR) is 69.4 cm³/mol. The molecule has 0 bridgehead atoms. The van der Waals surface area contributed by atoms with Crippen molar-refractivity contribution < 1.29 is 14.7 Å². The average molecular weight is 249 g/mol. The van der Waals surface area contributed by atoms with Gasteiger partial charge in [0.25, 0.3) is 0 Å². The van der Waals surface area contributed by atoms with Crippen molar-refractivity contribution in [2.45, 2.75) is 27.2 Å². The van der Waals surface area contributed by atoms with E-state index in [0.29, 0.717) is 0 Å². The molecule has 0 fully saturated rings. The SMILES string of the molecule is Cc1ccc(CC(=O)NCC(C)C(=O)O)cc1C. The Morgan fingerprint density at radius 1 is 1.28 bits per heavy atom. The summed E-state index contributed by atoms with van der Waals surface area (Å²) in [6.45, 7) is 5.76. The van der Waals surface area contributed by atoms with E-state index in [1.165, 1.54) is 5.56 Å². The highest BCUT2D eigenvalue weighted by atomic mass is 16.4. The fourth-order valence-corrected chi connectivity index (χ4v) is 1.52. The number of hydrogen-bond acceptors (Lipinski definition) is 2. The van der Waals surface area contributed by atoms with E-state index in [1.54, 1.807) is 6.92 Å². The van der Waals surface area contributed by atoms with Gasteiger partial charge in [0.1, 0.15) is 0 Å². The maximum absolute atomic E-state index is 11.6. The second kappa shape index (κ2) is 6.19. The van der Waals surface area contributed by atoms with Crippen LogP contribution in [0.2, 0.25) is 0 Å². The summed E-state index contributed by atoms with van der Waals surface area (Å²) >= 11 is 0. The summed E-state index contributed by atoms with van der Waals surface area (Å²) in [7, 11) is 0. The number of carbonyl (C=O) groups excluding carboxylic acids is 1. The molecule has 4 heteroatoms. The van der Waals surface area contributed by atoms with Crippen LogP contribution in [0.1, 0.15) is 23.6 Å². The van der Waals surface area contributed by atoms with Gasteiger partial charge < -0.3 is 10.4 Å². The summed E-state index contributed by atoms with van der Waals surface area (Å²) in [6, 6.07) is 5.88. The maximum atomic E-state index is 11.6. The third-order valence-electron chi connectivity index (χ3n) is 2.96. The van der Waals surface area contributed by atoms with Crippen molar-refractivity contribution in [1.82, 2.24) is 5.32 Å². The number of nitrogens with one attached hydrogen (secondary N) is 1. The highest BCUT2D eigenvalue weighted by molar-refractivity contribution is 5.79. The van der Waals surface area contributed by atoms with E-state index in [-0.39, 0.29) is 18.9 Å². The first kappa shape index (κ1) is 14.2. The molecule has 98 valence electrons. The van der Waals surface area contributed by atoms with Gasteiger partial charge in [-0.2, -0.15) is 0 Å². The van der Waals surface area contributed by atoms with Crippen LogP contribution in [0.3, 0.4) is 0 Å². The lowest BCUT2D eigenvalue weighted by atomic mass is 10.0. The summed E-state index contributed by atoms with van der Waals surface area (Å²) in [5, 5.41) is 11.3. The molecule has 1 aromatic carbocycles. The lowest BCUT2D eigenvalue weighted by molar-refractivity contribution is -0.141. The summed E-state index contributed by atoms with van der Waals surface area (Å²) in [6.07, 6.45) is 0.285. The molecule has 0 radical (unpaired) electrons. The van der Waals surface area contributed by atoms with Gasteiger partial charge >= 0.3 is 5.97 Å². The number of benzene rings is 1. The van der Waals surface area contributed by atoms with Crippen molar-refractivity contribution in [3.8, 4) is 0 Å². The first-order chi connectivity index (χ1) is 8.40. The van der Waals surface area contributed by atoms with Gasteiger partial charge in [0.2, 0.25) is 5.91 Å². The number of hydrogen-bond donors (Lipinski definition) is 2. The van der Waals surface area contributed by atoms with Crippen molar-refractivity contribution in [3.63, 3.8) is 0 Å². The minimum absolute atomic E-state index is 0.147. The van der Waals surface area contributed by atoms with E-state index >= 15 is 0 Å². The molecule has 1 unspecified atom stereocenters. The summed E-state index contributed by atoms with van der Waals surface area (Å²) in [5.41, 5.74) is 3.29. The third kappa shape index (κ3) is 4.20. The van der Waals surface area contributed by atoms with Crippen LogP contribution in [0.5, 0.6) is 0 Å². The van der Waals surface area contributed by atoms with E-state index in [2.05, 4.69) is 5.32 Å². The Hall–Kier alpha value is -1.84. The van der Waals surface area contributed by atoms with Crippen molar-refractivity contribution in [2.75, 3.05) is 6.54 Å². The normalized spacial score (nSPS) is 11.9. The van der Waals surface area contributed by atoms with Crippen LogP contribution in [-0.2, 0) is 16.0 Å². The number of amides is 1. The van der Waals surface area contributed by atoms with Gasteiger partial charge in [0.05, 0.1) is 12.3 Å². The average Bonchev–Trinajstić information content (AvgIpc) is 2.30. The van der Waals surface area contributed by atoms with Gasteiger partial charge in [-0.05, 0) is 30.5 Å². The Morgan fingerprint density at radius 3 is 2.50 bits per heavy atom. The first-order valence-corrected chi connectivity index (χ1v) is 5.95. The number of aryl methyl sites for hydroxylation is 2. The standard InChI is InChI=1S/C14H19NO3/c1-9-4-5-12(6-10(9)2)7-13(16)15-8-11(3)14(17)18/h4-6,11H,7-8H2,1-3H3,(H,15,16)(H,17,18). The molecule has 0 aliphatic heterocycles. The van der Waals surface area contributed by atoms with Gasteiger partial charge in [-0.1, -0.05) is 25.1 Å². The molecule has 1 rings (SSSR count). The minimum atomic E-state index is -0.901. The Balaban J connectivity index is 2.49. The first-order valence-electron chi connectivity index (χ1n) is 5.95. The van der Waals surface area contributed by atoms with Crippen LogP contribution in [0, 0.1) is 19.8 Å². The molecule has 0 aliphatic rings. The van der Waals surface area contributed by atoms with E-state index in [0.717, 1.165) is 11.1 Å². The zero-order valence-electron chi connectivity index (χ0n) is 11.0. The number of carboxylic acids is 1. The van der Waals surface area contributed by atoms with Crippen LogP contribution >= 0.6 is 0 Å². The molecule has 0 aliphatic carbocycles. The largest absolute Gasteiger partial charge is 0.481 e. The van der Waals surface area contributed by atoms with E-state index in [9.17, 15) is 9.59 Å². The molecule has 0 saturated heterocycles. The summed E-state index contributed by atoms with van der Waals surface area (Å²) < 4.78 is 0. The Labute approximate surface area is 107 Å². The molecule has 0 saturated carbocycles. The highest BCUT2D eigenvalue weighted by Gasteiger charge is 2.12. The highest BCUT2D eigenvalue weighted by Crippen LogP contribution is 2.10. The van der Waals surface area contributed by atoms with Crippen LogP contribution in [0.4, 0.5) is 0 Å². The fourth-order valence-electron chi connectivity index (χ4n) is 1.52. The molecule has 1 aromatic rings. The lowest BCUT2D eigenvalue weighted by Crippen LogP contribution is -2.32. The topological polar surface area (TPSA) is 66.4 Å². The van der Waals surface area contributed by atoms with Crippen LogP contribution in [0.25, 0.3) is 0 Å². The van der Waals surface area contributed by atoms with Crippen LogP contribution < -0.4 is 5.32 Å². The summed E-state index contributed by atoms with van der Waals surface area (Å²) in [4.78, 5) is 22.2. The molecule has 18 heavy (non-hydrogen) atoms. The van der Waals surface area contributed by atoms with E-state index in [4.69, 9.17) is 5.11 Å². The zero-order valence-corrected chi connectivity index (χ0v) is 11.0. The second-order valence-electron chi connectivity index (χ2n) is 4.64. The van der Waals surface area contributed by atoms with Gasteiger partial charge in [-0.3, -0.25) is 9.59 Å². The van der Waals surface area contributed by atoms with Crippen molar-refractivity contribution >= 4 is 11.9 Å². The van der Waals surface area contributed by atoms with Gasteiger partial charge in [0, 0.05) is 6.54 Å². The van der Waals surface area contributed by atoms with E-state index < -0.39 is 11.9 Å². The Morgan fingerprint density at radius 2 is 1.94 bits per heavy atom. The van der Waals surface area contributed by atoms with Crippen molar-refractivity contribution in [1.29, 1.82) is 0 Å². The number of carboxylic acid groups (broad SMARTS) is 1. The van der Waals surface area contributed by atoms with Gasteiger partial charge in [-0.15, -0.1) is 0 Å². The van der Waals surface area contributed by atoms with Gasteiger partial charge in [-0.25, -0.2) is 0 Å². The molecule has 4 nitrogen and oxygen atoms in total. The molecule has 0 aromatic heterocycles. The zero-order chi connectivity index (χ0) is 13.7. The van der Waals surface area contributed by atoms with Crippen LogP contribution in [-0.4, -0.2) is 23.5 Å².